The average molecular weight is 330 g/mol. The van der Waals surface area contributed by atoms with Crippen LogP contribution in [-0.2, 0) is 6.42 Å². The minimum Gasteiger partial charge on any atom is -0.508 e. The summed E-state index contributed by atoms with van der Waals surface area (Å²) in [6, 6.07) is 6.35. The highest BCUT2D eigenvalue weighted by Crippen LogP contribution is 2.34. The molecule has 0 saturated heterocycles. The number of rotatable bonds is 6. The molecule has 0 spiro atoms. The maximum Gasteiger partial charge on any atom is 0.392 e. The molecule has 22 heavy (non-hydrogen) atoms. The van der Waals surface area contributed by atoms with E-state index in [-0.39, 0.29) is 18.6 Å². The van der Waals surface area contributed by atoms with Crippen LogP contribution in [-0.4, -0.2) is 21.5 Å². The third kappa shape index (κ3) is 4.43. The second kappa shape index (κ2) is 7.09. The zero-order chi connectivity index (χ0) is 16.2. The van der Waals surface area contributed by atoms with Gasteiger partial charge in [0.2, 0.25) is 0 Å². The predicted octanol–water partition coefficient (Wildman–Crippen LogP) is 4.82. The summed E-state index contributed by atoms with van der Waals surface area (Å²) in [7, 11) is 0. The van der Waals surface area contributed by atoms with Crippen LogP contribution in [0.4, 0.5) is 13.2 Å². The Bertz CT molecular complexity index is 596. The van der Waals surface area contributed by atoms with Gasteiger partial charge in [-0.05, 0) is 30.7 Å². The summed E-state index contributed by atoms with van der Waals surface area (Å²) in [6.07, 6.45) is -2.93. The van der Waals surface area contributed by atoms with Crippen molar-refractivity contribution in [3.8, 4) is 16.3 Å². The molecule has 7 heteroatoms. The fraction of sp³-hybridized carbons (Fsp3) is 0.467. The van der Waals surface area contributed by atoms with Crippen molar-refractivity contribution >= 4 is 11.3 Å². The molecule has 0 bridgehead atoms. The maximum atomic E-state index is 13.0. The van der Waals surface area contributed by atoms with Crippen LogP contribution in [0.5, 0.6) is 5.75 Å². The van der Waals surface area contributed by atoms with Crippen LogP contribution in [0.1, 0.15) is 31.2 Å². The van der Waals surface area contributed by atoms with Gasteiger partial charge in [0.25, 0.3) is 0 Å². The minimum atomic E-state index is -4.21. The first-order chi connectivity index (χ1) is 10.4. The van der Waals surface area contributed by atoms with Crippen molar-refractivity contribution in [1.82, 2.24) is 10.2 Å². The summed E-state index contributed by atoms with van der Waals surface area (Å²) in [5, 5.41) is 18.0. The zero-order valence-electron chi connectivity index (χ0n) is 12.1. The standard InChI is InChI=1S/C15H17F3N2OS/c1-2-3-4-11(15(16,17)18)9-13-19-20-14(22-13)10-5-7-12(21)8-6-10/h5-8,11,21H,2-4,9H2,1H3. The van der Waals surface area contributed by atoms with Crippen molar-refractivity contribution in [3.05, 3.63) is 29.3 Å². The third-order valence-corrected chi connectivity index (χ3v) is 4.37. The molecule has 0 amide bonds. The summed E-state index contributed by atoms with van der Waals surface area (Å²) in [6.45, 7) is 1.88. The Balaban J connectivity index is 2.11. The Morgan fingerprint density at radius 1 is 1.18 bits per heavy atom. The van der Waals surface area contributed by atoms with Crippen LogP contribution >= 0.6 is 11.3 Å². The summed E-state index contributed by atoms with van der Waals surface area (Å²) in [4.78, 5) is 0. The van der Waals surface area contributed by atoms with E-state index in [1.54, 1.807) is 12.1 Å². The molecule has 0 aliphatic rings. The lowest BCUT2D eigenvalue weighted by molar-refractivity contribution is -0.176. The number of unbranched alkanes of at least 4 members (excludes halogenated alkanes) is 1. The number of alkyl halides is 3. The number of phenols is 1. The summed E-state index contributed by atoms with van der Waals surface area (Å²) < 4.78 is 39.1. The van der Waals surface area contributed by atoms with Crippen molar-refractivity contribution in [2.45, 2.75) is 38.8 Å². The van der Waals surface area contributed by atoms with E-state index in [2.05, 4.69) is 10.2 Å². The van der Waals surface area contributed by atoms with Crippen LogP contribution in [0.2, 0.25) is 0 Å². The summed E-state index contributed by atoms with van der Waals surface area (Å²) >= 11 is 1.17. The largest absolute Gasteiger partial charge is 0.508 e. The fourth-order valence-electron chi connectivity index (χ4n) is 2.10. The molecular formula is C15H17F3N2OS. The Hall–Kier alpha value is -1.63. The Morgan fingerprint density at radius 2 is 1.86 bits per heavy atom. The van der Waals surface area contributed by atoms with Crippen molar-refractivity contribution < 1.29 is 18.3 Å². The van der Waals surface area contributed by atoms with E-state index in [0.29, 0.717) is 16.4 Å². The van der Waals surface area contributed by atoms with Crippen molar-refractivity contribution in [1.29, 1.82) is 0 Å². The molecular weight excluding hydrogens is 313 g/mol. The molecule has 1 atom stereocenters. The van der Waals surface area contributed by atoms with Gasteiger partial charge >= 0.3 is 6.18 Å². The van der Waals surface area contributed by atoms with E-state index < -0.39 is 12.1 Å². The molecule has 0 aliphatic heterocycles. The second-order valence-corrected chi connectivity index (χ2v) is 6.19. The van der Waals surface area contributed by atoms with Gasteiger partial charge in [0.15, 0.2) is 0 Å². The van der Waals surface area contributed by atoms with Gasteiger partial charge in [-0.15, -0.1) is 10.2 Å². The van der Waals surface area contributed by atoms with Crippen LogP contribution < -0.4 is 0 Å². The quantitative estimate of drug-likeness (QED) is 0.826. The van der Waals surface area contributed by atoms with Gasteiger partial charge in [-0.2, -0.15) is 13.2 Å². The molecule has 3 nitrogen and oxygen atoms in total. The number of aromatic hydroxyl groups is 1. The molecule has 1 N–H and O–H groups in total. The SMILES string of the molecule is CCCCC(Cc1nnc(-c2ccc(O)cc2)s1)C(F)(F)F. The molecule has 0 aliphatic carbocycles. The molecule has 1 heterocycles. The number of halogens is 3. The van der Waals surface area contributed by atoms with Gasteiger partial charge in [-0.25, -0.2) is 0 Å². The molecule has 0 radical (unpaired) electrons. The van der Waals surface area contributed by atoms with Gasteiger partial charge < -0.3 is 5.11 Å². The first-order valence-electron chi connectivity index (χ1n) is 7.08. The van der Waals surface area contributed by atoms with Gasteiger partial charge in [0.1, 0.15) is 15.8 Å². The summed E-state index contributed by atoms with van der Waals surface area (Å²) in [5.41, 5.74) is 0.735. The van der Waals surface area contributed by atoms with Crippen LogP contribution in [0.25, 0.3) is 10.6 Å². The molecule has 1 unspecified atom stereocenters. The van der Waals surface area contributed by atoms with Gasteiger partial charge in [0, 0.05) is 12.0 Å². The fourth-order valence-corrected chi connectivity index (χ4v) is 3.02. The van der Waals surface area contributed by atoms with Crippen molar-refractivity contribution in [3.63, 3.8) is 0 Å². The number of nitrogens with zero attached hydrogens (tertiary/aromatic N) is 2. The zero-order valence-corrected chi connectivity index (χ0v) is 12.9. The van der Waals surface area contributed by atoms with Gasteiger partial charge in [0.05, 0.1) is 5.92 Å². The predicted molar refractivity (Wildman–Crippen MR) is 79.8 cm³/mol. The van der Waals surface area contributed by atoms with E-state index in [4.69, 9.17) is 0 Å². The highest BCUT2D eigenvalue weighted by Gasteiger charge is 2.39. The molecule has 2 rings (SSSR count). The highest BCUT2D eigenvalue weighted by atomic mass is 32.1. The average Bonchev–Trinajstić information content (AvgIpc) is 2.91. The van der Waals surface area contributed by atoms with Gasteiger partial charge in [-0.3, -0.25) is 0 Å². The van der Waals surface area contributed by atoms with E-state index in [1.165, 1.54) is 23.5 Å². The number of phenolic OH excluding ortho intramolecular Hbond substituents is 1. The molecule has 1 aromatic heterocycles. The Kier molecular flexibility index (Phi) is 5.39. The Morgan fingerprint density at radius 3 is 2.45 bits per heavy atom. The van der Waals surface area contributed by atoms with Gasteiger partial charge in [-0.1, -0.05) is 31.1 Å². The smallest absolute Gasteiger partial charge is 0.392 e. The number of benzene rings is 1. The van der Waals surface area contributed by atoms with E-state index in [9.17, 15) is 18.3 Å². The normalized spacial score (nSPS) is 13.3. The lowest BCUT2D eigenvalue weighted by Gasteiger charge is -2.18. The van der Waals surface area contributed by atoms with Crippen LogP contribution in [0.3, 0.4) is 0 Å². The molecule has 2 aromatic rings. The Labute approximate surface area is 130 Å². The lowest BCUT2D eigenvalue weighted by Crippen LogP contribution is -2.25. The molecule has 0 fully saturated rings. The first kappa shape index (κ1) is 16.7. The number of hydrogen-bond acceptors (Lipinski definition) is 4. The van der Waals surface area contributed by atoms with Crippen LogP contribution in [0.15, 0.2) is 24.3 Å². The molecule has 120 valence electrons. The van der Waals surface area contributed by atoms with Crippen molar-refractivity contribution in [2.24, 2.45) is 5.92 Å². The number of aromatic nitrogens is 2. The van der Waals surface area contributed by atoms with Crippen LogP contribution in [0, 0.1) is 5.92 Å². The topological polar surface area (TPSA) is 46.0 Å². The van der Waals surface area contributed by atoms with E-state index in [1.807, 2.05) is 6.92 Å². The third-order valence-electron chi connectivity index (χ3n) is 3.37. The number of hydrogen-bond donors (Lipinski definition) is 1. The van der Waals surface area contributed by atoms with E-state index in [0.717, 1.165) is 12.0 Å². The summed E-state index contributed by atoms with van der Waals surface area (Å²) in [5.74, 6) is -1.24. The molecule has 1 aromatic carbocycles. The maximum absolute atomic E-state index is 13.0. The minimum absolute atomic E-state index is 0.119. The first-order valence-corrected chi connectivity index (χ1v) is 7.90. The monoisotopic (exact) mass is 330 g/mol. The molecule has 0 saturated carbocycles. The second-order valence-electron chi connectivity index (χ2n) is 5.13. The van der Waals surface area contributed by atoms with Crippen molar-refractivity contribution in [2.75, 3.05) is 0 Å². The van der Waals surface area contributed by atoms with E-state index >= 15 is 0 Å². The lowest BCUT2D eigenvalue weighted by atomic mass is 9.98. The highest BCUT2D eigenvalue weighted by molar-refractivity contribution is 7.14.